The molecule has 0 heterocycles. The summed E-state index contributed by atoms with van der Waals surface area (Å²) in [5.41, 5.74) is 0. The lowest BCUT2D eigenvalue weighted by Gasteiger charge is -2.18. The van der Waals surface area contributed by atoms with Crippen molar-refractivity contribution in [3.8, 4) is 0 Å². The van der Waals surface area contributed by atoms with Crippen molar-refractivity contribution in [2.24, 2.45) is 0 Å². The summed E-state index contributed by atoms with van der Waals surface area (Å²) in [4.78, 5) is 38.1. The van der Waals surface area contributed by atoms with Crippen molar-refractivity contribution in [3.63, 3.8) is 0 Å². The number of carbonyl (C=O) groups is 3. The minimum Gasteiger partial charge on any atom is -0.462 e. The van der Waals surface area contributed by atoms with Crippen molar-refractivity contribution in [3.05, 3.63) is 97.2 Å². The maximum Gasteiger partial charge on any atom is 0.306 e. The highest BCUT2D eigenvalue weighted by Gasteiger charge is 2.19. The van der Waals surface area contributed by atoms with E-state index in [0.29, 0.717) is 19.3 Å². The minimum atomic E-state index is -0.814. The smallest absolute Gasteiger partial charge is 0.306 e. The summed E-state index contributed by atoms with van der Waals surface area (Å²) in [5, 5.41) is 0. The third-order valence-electron chi connectivity index (χ3n) is 11.8. The Kier molecular flexibility index (Phi) is 52.9. The number of hydrogen-bond donors (Lipinski definition) is 0. The molecule has 0 N–H and O–H groups in total. The average Bonchev–Trinajstić information content (AvgIpc) is 3.34. The molecule has 6 heteroatoms. The van der Waals surface area contributed by atoms with Gasteiger partial charge in [-0.15, -0.1) is 0 Å². The highest BCUT2D eigenvalue weighted by atomic mass is 16.6. The second kappa shape index (κ2) is 55.9. The predicted molar refractivity (Wildman–Crippen MR) is 293 cm³/mol. The molecule has 0 aromatic heterocycles. The van der Waals surface area contributed by atoms with Crippen LogP contribution in [-0.2, 0) is 28.6 Å². The average molecular weight is 946 g/mol. The quantitative estimate of drug-likeness (QED) is 0.0262. The zero-order valence-electron chi connectivity index (χ0n) is 44.3. The fourth-order valence-electron chi connectivity index (χ4n) is 7.67. The van der Waals surface area contributed by atoms with E-state index >= 15 is 0 Å². The molecule has 6 nitrogen and oxygen atoms in total. The Hall–Kier alpha value is -3.67. The van der Waals surface area contributed by atoms with Crippen LogP contribution in [0.1, 0.15) is 258 Å². The van der Waals surface area contributed by atoms with Crippen LogP contribution in [0.25, 0.3) is 0 Å². The fourth-order valence-corrected chi connectivity index (χ4v) is 7.67. The van der Waals surface area contributed by atoms with Crippen LogP contribution in [0.2, 0.25) is 0 Å². The molecule has 0 spiro atoms. The summed E-state index contributed by atoms with van der Waals surface area (Å²) in [7, 11) is 0. The van der Waals surface area contributed by atoms with Crippen LogP contribution in [0, 0.1) is 0 Å². The van der Waals surface area contributed by atoms with Gasteiger partial charge in [-0.2, -0.15) is 0 Å². The summed E-state index contributed by atoms with van der Waals surface area (Å²) in [6, 6.07) is 0. The van der Waals surface area contributed by atoms with Crippen LogP contribution < -0.4 is 0 Å². The van der Waals surface area contributed by atoms with E-state index < -0.39 is 6.10 Å². The Morgan fingerprint density at radius 2 is 0.588 bits per heavy atom. The zero-order chi connectivity index (χ0) is 49.3. The molecular weight excluding hydrogens is 841 g/mol. The summed E-state index contributed by atoms with van der Waals surface area (Å²) in [5.74, 6) is -0.977. The topological polar surface area (TPSA) is 78.9 Å². The summed E-state index contributed by atoms with van der Waals surface area (Å²) in [6.45, 7) is 6.37. The van der Waals surface area contributed by atoms with Crippen molar-refractivity contribution >= 4 is 17.9 Å². The Balaban J connectivity index is 4.48. The van der Waals surface area contributed by atoms with Crippen molar-refractivity contribution in [1.29, 1.82) is 0 Å². The lowest BCUT2D eigenvalue weighted by Crippen LogP contribution is -2.30. The first-order valence-electron chi connectivity index (χ1n) is 28.2. The number of allylic oxidation sites excluding steroid dienone is 16. The zero-order valence-corrected chi connectivity index (χ0v) is 44.3. The lowest BCUT2D eigenvalue weighted by molar-refractivity contribution is -0.167. The van der Waals surface area contributed by atoms with Crippen LogP contribution in [0.3, 0.4) is 0 Å². The molecule has 388 valence electrons. The number of ether oxygens (including phenoxy) is 3. The maximum atomic E-state index is 12.8. The van der Waals surface area contributed by atoms with Gasteiger partial charge in [0.05, 0.1) is 0 Å². The molecule has 1 atom stereocenters. The van der Waals surface area contributed by atoms with Crippen LogP contribution in [0.15, 0.2) is 97.2 Å². The molecule has 0 saturated carbocycles. The number of unbranched alkanes of at least 4 members (excludes halogenated alkanes) is 23. The molecule has 0 aliphatic rings. The van der Waals surface area contributed by atoms with Gasteiger partial charge < -0.3 is 14.2 Å². The number of carbonyl (C=O) groups excluding carboxylic acids is 3. The van der Waals surface area contributed by atoms with Gasteiger partial charge >= 0.3 is 17.9 Å². The molecule has 68 heavy (non-hydrogen) atoms. The molecule has 0 aromatic rings. The SMILES string of the molecule is CC/C=C\C/C=C\C/C=C\C/C=C\C/C=C\CCCC(=O)OC(COC(=O)CCCCCCC/C=C\C/C=C\C/C=C\CC)COC(=O)CCCCCCCCCCCCCCCCCCCC. The predicted octanol–water partition coefficient (Wildman–Crippen LogP) is 18.9. The highest BCUT2D eigenvalue weighted by molar-refractivity contribution is 5.71. The van der Waals surface area contributed by atoms with Crippen molar-refractivity contribution in [1.82, 2.24) is 0 Å². The summed E-state index contributed by atoms with van der Waals surface area (Å²) in [6.07, 6.45) is 74.0. The first-order valence-corrected chi connectivity index (χ1v) is 28.2. The second-order valence-electron chi connectivity index (χ2n) is 18.4. The molecule has 0 saturated heterocycles. The van der Waals surface area contributed by atoms with Crippen molar-refractivity contribution in [2.45, 2.75) is 264 Å². The van der Waals surface area contributed by atoms with Crippen molar-refractivity contribution < 1.29 is 28.6 Å². The van der Waals surface area contributed by atoms with Gasteiger partial charge in [-0.25, -0.2) is 0 Å². The molecule has 0 bridgehead atoms. The van der Waals surface area contributed by atoms with E-state index in [2.05, 4.69) is 118 Å². The van der Waals surface area contributed by atoms with E-state index in [-0.39, 0.29) is 37.5 Å². The molecule has 0 rings (SSSR count). The standard InChI is InChI=1S/C62H104O6/c1-4-7-10-13-16-19-22-25-28-30-32-34-37-40-43-46-49-52-55-61(64)67-58-59(57-66-60(63)54-51-48-45-42-39-36-33-27-24-21-18-15-12-9-6-3)68-62(65)56-53-50-47-44-41-38-35-31-29-26-23-20-17-14-11-8-5-2/h8-9,11-12,17-18,20-21,26-27,29,33,35,38,44,47,59H,4-7,10,13-16,19,22-25,28,30-32,34,36-37,39-43,45-46,48-58H2,1-3H3/b11-8-,12-9-,20-17-,21-18-,29-26-,33-27-,38-35-,47-44-. The van der Waals surface area contributed by atoms with Gasteiger partial charge in [0.2, 0.25) is 0 Å². The molecule has 0 amide bonds. The van der Waals surface area contributed by atoms with Gasteiger partial charge in [0.1, 0.15) is 13.2 Å². The monoisotopic (exact) mass is 945 g/mol. The second-order valence-corrected chi connectivity index (χ2v) is 18.4. The fraction of sp³-hybridized carbons (Fsp3) is 0.694. The van der Waals surface area contributed by atoms with Gasteiger partial charge in [-0.1, -0.05) is 246 Å². The van der Waals surface area contributed by atoms with Crippen molar-refractivity contribution in [2.75, 3.05) is 13.2 Å². The van der Waals surface area contributed by atoms with Crippen LogP contribution in [-0.4, -0.2) is 37.2 Å². The van der Waals surface area contributed by atoms with Gasteiger partial charge in [-0.05, 0) is 89.9 Å². The largest absolute Gasteiger partial charge is 0.462 e. The van der Waals surface area contributed by atoms with Crippen LogP contribution >= 0.6 is 0 Å². The summed E-state index contributed by atoms with van der Waals surface area (Å²) >= 11 is 0. The Labute approximate surface area is 419 Å². The van der Waals surface area contributed by atoms with E-state index in [1.807, 2.05) is 0 Å². The van der Waals surface area contributed by atoms with Crippen LogP contribution in [0.5, 0.6) is 0 Å². The van der Waals surface area contributed by atoms with E-state index in [1.165, 1.54) is 96.3 Å². The van der Waals surface area contributed by atoms with Gasteiger partial charge in [0, 0.05) is 19.3 Å². The Bertz CT molecular complexity index is 1360. The molecule has 0 fully saturated rings. The third-order valence-corrected chi connectivity index (χ3v) is 11.8. The maximum absolute atomic E-state index is 12.8. The molecule has 0 aromatic carbocycles. The first kappa shape index (κ1) is 64.3. The number of esters is 3. The molecule has 1 unspecified atom stereocenters. The van der Waals surface area contributed by atoms with E-state index in [0.717, 1.165) is 116 Å². The van der Waals surface area contributed by atoms with E-state index in [1.54, 1.807) is 0 Å². The van der Waals surface area contributed by atoms with Gasteiger partial charge in [0.15, 0.2) is 6.10 Å². The molecule has 0 aliphatic carbocycles. The highest BCUT2D eigenvalue weighted by Crippen LogP contribution is 2.16. The lowest BCUT2D eigenvalue weighted by atomic mass is 10.0. The Morgan fingerprint density at radius 3 is 0.941 bits per heavy atom. The van der Waals surface area contributed by atoms with E-state index in [4.69, 9.17) is 14.2 Å². The summed E-state index contributed by atoms with van der Waals surface area (Å²) < 4.78 is 16.8. The van der Waals surface area contributed by atoms with Gasteiger partial charge in [-0.3, -0.25) is 14.4 Å². The Morgan fingerprint density at radius 1 is 0.309 bits per heavy atom. The molecular formula is C62H104O6. The molecule has 0 radical (unpaired) electrons. The first-order chi connectivity index (χ1) is 33.5. The normalized spacial score (nSPS) is 12.8. The number of hydrogen-bond acceptors (Lipinski definition) is 6. The minimum absolute atomic E-state index is 0.104. The van der Waals surface area contributed by atoms with Gasteiger partial charge in [0.25, 0.3) is 0 Å². The van der Waals surface area contributed by atoms with Crippen LogP contribution in [0.4, 0.5) is 0 Å². The molecule has 0 aliphatic heterocycles. The van der Waals surface area contributed by atoms with E-state index in [9.17, 15) is 14.4 Å². The number of rotatable bonds is 50. The third kappa shape index (κ3) is 53.3.